The highest BCUT2D eigenvalue weighted by molar-refractivity contribution is 5.97. The maximum atomic E-state index is 12.6. The van der Waals surface area contributed by atoms with E-state index in [4.69, 9.17) is 0 Å². The van der Waals surface area contributed by atoms with Crippen molar-refractivity contribution >= 4 is 22.8 Å². The molecule has 3 rings (SSSR count). The second-order valence-corrected chi connectivity index (χ2v) is 5.56. The van der Waals surface area contributed by atoms with Gasteiger partial charge in [-0.05, 0) is 24.6 Å². The number of aromatic amines is 1. The first-order valence-electron chi connectivity index (χ1n) is 7.69. The molecule has 0 spiro atoms. The van der Waals surface area contributed by atoms with E-state index in [1.807, 2.05) is 28.9 Å². The summed E-state index contributed by atoms with van der Waals surface area (Å²) in [5, 5.41) is 0. The number of amides is 2. The zero-order valence-corrected chi connectivity index (χ0v) is 12.7. The Kier molecular flexibility index (Phi) is 4.09. The van der Waals surface area contributed by atoms with E-state index in [1.165, 1.54) is 0 Å². The SMILES string of the molecule is CCCC(=O)N1CCN(C(=O)c2ccc3nc[nH]c3c2)CC1. The van der Waals surface area contributed by atoms with Crippen LogP contribution in [0.25, 0.3) is 11.0 Å². The number of rotatable bonds is 3. The van der Waals surface area contributed by atoms with Gasteiger partial charge >= 0.3 is 0 Å². The van der Waals surface area contributed by atoms with Gasteiger partial charge in [0, 0.05) is 38.2 Å². The molecule has 0 unspecified atom stereocenters. The fourth-order valence-corrected chi connectivity index (χ4v) is 2.78. The third kappa shape index (κ3) is 2.81. The van der Waals surface area contributed by atoms with Crippen molar-refractivity contribution in [3.63, 3.8) is 0 Å². The van der Waals surface area contributed by atoms with Crippen LogP contribution in [0.2, 0.25) is 0 Å². The molecule has 0 bridgehead atoms. The van der Waals surface area contributed by atoms with Crippen LogP contribution in [0.4, 0.5) is 0 Å². The molecule has 1 fully saturated rings. The molecule has 2 heterocycles. The van der Waals surface area contributed by atoms with Crippen LogP contribution in [0, 0.1) is 0 Å². The number of piperazine rings is 1. The topological polar surface area (TPSA) is 69.3 Å². The second-order valence-electron chi connectivity index (χ2n) is 5.56. The summed E-state index contributed by atoms with van der Waals surface area (Å²) in [5.41, 5.74) is 2.37. The smallest absolute Gasteiger partial charge is 0.254 e. The van der Waals surface area contributed by atoms with E-state index in [9.17, 15) is 9.59 Å². The molecule has 22 heavy (non-hydrogen) atoms. The first-order valence-corrected chi connectivity index (χ1v) is 7.69. The fraction of sp³-hybridized carbons (Fsp3) is 0.438. The lowest BCUT2D eigenvalue weighted by atomic mass is 10.1. The van der Waals surface area contributed by atoms with E-state index in [2.05, 4.69) is 9.97 Å². The lowest BCUT2D eigenvalue weighted by Gasteiger charge is -2.34. The highest BCUT2D eigenvalue weighted by Crippen LogP contribution is 2.15. The third-order valence-electron chi connectivity index (χ3n) is 4.05. The summed E-state index contributed by atoms with van der Waals surface area (Å²) in [6.07, 6.45) is 3.07. The minimum atomic E-state index is 0.0130. The van der Waals surface area contributed by atoms with Crippen molar-refractivity contribution in [2.45, 2.75) is 19.8 Å². The van der Waals surface area contributed by atoms with Crippen molar-refractivity contribution < 1.29 is 9.59 Å². The van der Waals surface area contributed by atoms with E-state index in [1.54, 1.807) is 12.4 Å². The molecular weight excluding hydrogens is 280 g/mol. The van der Waals surface area contributed by atoms with Gasteiger partial charge in [-0.3, -0.25) is 9.59 Å². The molecule has 1 aromatic heterocycles. The van der Waals surface area contributed by atoms with E-state index in [-0.39, 0.29) is 11.8 Å². The Morgan fingerprint density at radius 1 is 1.18 bits per heavy atom. The summed E-state index contributed by atoms with van der Waals surface area (Å²) in [4.78, 5) is 35.3. The maximum Gasteiger partial charge on any atom is 0.254 e. The lowest BCUT2D eigenvalue weighted by Crippen LogP contribution is -2.50. The molecule has 2 aromatic rings. The predicted molar refractivity (Wildman–Crippen MR) is 83.5 cm³/mol. The molecule has 6 nitrogen and oxygen atoms in total. The molecule has 1 aliphatic rings. The third-order valence-corrected chi connectivity index (χ3v) is 4.05. The Morgan fingerprint density at radius 3 is 2.64 bits per heavy atom. The number of aromatic nitrogens is 2. The van der Waals surface area contributed by atoms with Crippen LogP contribution in [0.3, 0.4) is 0 Å². The van der Waals surface area contributed by atoms with Crippen molar-refractivity contribution in [2.75, 3.05) is 26.2 Å². The van der Waals surface area contributed by atoms with Crippen LogP contribution < -0.4 is 0 Å². The Bertz CT molecular complexity index is 686. The summed E-state index contributed by atoms with van der Waals surface area (Å²) >= 11 is 0. The Labute approximate surface area is 129 Å². The van der Waals surface area contributed by atoms with Crippen LogP contribution >= 0.6 is 0 Å². The van der Waals surface area contributed by atoms with E-state index in [0.29, 0.717) is 38.2 Å². The number of hydrogen-bond donors (Lipinski definition) is 1. The highest BCUT2D eigenvalue weighted by Gasteiger charge is 2.24. The summed E-state index contributed by atoms with van der Waals surface area (Å²) in [5.74, 6) is 0.201. The van der Waals surface area contributed by atoms with E-state index >= 15 is 0 Å². The number of carbonyl (C=O) groups excluding carboxylic acids is 2. The number of carbonyl (C=O) groups is 2. The number of nitrogens with zero attached hydrogens (tertiary/aromatic N) is 3. The van der Waals surface area contributed by atoms with E-state index in [0.717, 1.165) is 17.5 Å². The van der Waals surface area contributed by atoms with Gasteiger partial charge in [0.05, 0.1) is 17.4 Å². The largest absolute Gasteiger partial charge is 0.345 e. The average Bonchev–Trinajstić information content (AvgIpc) is 3.02. The van der Waals surface area contributed by atoms with Gasteiger partial charge in [0.25, 0.3) is 5.91 Å². The molecule has 0 radical (unpaired) electrons. The molecule has 1 N–H and O–H groups in total. The molecule has 0 aliphatic carbocycles. The number of H-pyrrole nitrogens is 1. The van der Waals surface area contributed by atoms with Gasteiger partial charge in [-0.15, -0.1) is 0 Å². The van der Waals surface area contributed by atoms with Crippen molar-refractivity contribution in [1.82, 2.24) is 19.8 Å². The molecule has 6 heteroatoms. The summed E-state index contributed by atoms with van der Waals surface area (Å²) in [6, 6.07) is 5.49. The van der Waals surface area contributed by atoms with Gasteiger partial charge in [0.2, 0.25) is 5.91 Å². The van der Waals surface area contributed by atoms with Gasteiger partial charge in [-0.1, -0.05) is 6.92 Å². The van der Waals surface area contributed by atoms with Gasteiger partial charge in [0.1, 0.15) is 0 Å². The van der Waals surface area contributed by atoms with Gasteiger partial charge in [-0.2, -0.15) is 0 Å². The van der Waals surface area contributed by atoms with Crippen molar-refractivity contribution in [1.29, 1.82) is 0 Å². The fourth-order valence-electron chi connectivity index (χ4n) is 2.78. The van der Waals surface area contributed by atoms with Crippen LogP contribution in [-0.4, -0.2) is 57.8 Å². The summed E-state index contributed by atoms with van der Waals surface area (Å²) in [6.45, 7) is 4.43. The van der Waals surface area contributed by atoms with Crippen LogP contribution in [-0.2, 0) is 4.79 Å². The monoisotopic (exact) mass is 300 g/mol. The van der Waals surface area contributed by atoms with Crippen LogP contribution in [0.1, 0.15) is 30.1 Å². The Balaban J connectivity index is 1.65. The molecule has 1 saturated heterocycles. The van der Waals surface area contributed by atoms with E-state index < -0.39 is 0 Å². The Morgan fingerprint density at radius 2 is 1.91 bits per heavy atom. The van der Waals surface area contributed by atoms with Gasteiger partial charge < -0.3 is 14.8 Å². The van der Waals surface area contributed by atoms with Gasteiger partial charge in [-0.25, -0.2) is 4.98 Å². The summed E-state index contributed by atoms with van der Waals surface area (Å²) in [7, 11) is 0. The zero-order valence-electron chi connectivity index (χ0n) is 12.7. The second kappa shape index (κ2) is 6.17. The number of benzene rings is 1. The number of imidazole rings is 1. The lowest BCUT2D eigenvalue weighted by molar-refractivity contribution is -0.132. The molecule has 1 aliphatic heterocycles. The normalized spacial score (nSPS) is 15.3. The van der Waals surface area contributed by atoms with Crippen molar-refractivity contribution in [3.05, 3.63) is 30.1 Å². The van der Waals surface area contributed by atoms with Gasteiger partial charge in [0.15, 0.2) is 0 Å². The Hall–Kier alpha value is -2.37. The van der Waals surface area contributed by atoms with Crippen molar-refractivity contribution in [2.24, 2.45) is 0 Å². The highest BCUT2D eigenvalue weighted by atomic mass is 16.2. The van der Waals surface area contributed by atoms with Crippen molar-refractivity contribution in [3.8, 4) is 0 Å². The maximum absolute atomic E-state index is 12.6. The molecule has 0 saturated carbocycles. The first kappa shape index (κ1) is 14.6. The molecule has 0 atom stereocenters. The molecule has 1 aromatic carbocycles. The van der Waals surface area contributed by atoms with Crippen LogP contribution in [0.15, 0.2) is 24.5 Å². The average molecular weight is 300 g/mol. The van der Waals surface area contributed by atoms with Crippen LogP contribution in [0.5, 0.6) is 0 Å². The number of hydrogen-bond acceptors (Lipinski definition) is 3. The predicted octanol–water partition coefficient (Wildman–Crippen LogP) is 1.65. The number of fused-ring (bicyclic) bond motifs is 1. The zero-order chi connectivity index (χ0) is 15.5. The molecular formula is C16H20N4O2. The minimum Gasteiger partial charge on any atom is -0.345 e. The molecule has 116 valence electrons. The summed E-state index contributed by atoms with van der Waals surface area (Å²) < 4.78 is 0. The molecule has 2 amide bonds. The quantitative estimate of drug-likeness (QED) is 0.937. The number of nitrogens with one attached hydrogen (secondary N) is 1. The first-order chi connectivity index (χ1) is 10.7. The standard InChI is InChI=1S/C16H20N4O2/c1-2-3-15(21)19-6-8-20(9-7-19)16(22)12-4-5-13-14(10-12)18-11-17-13/h4-5,10-11H,2-3,6-9H2,1H3,(H,17,18). The minimum absolute atomic E-state index is 0.0130.